The van der Waals surface area contributed by atoms with Gasteiger partial charge in [0.15, 0.2) is 0 Å². The molecule has 0 aromatic rings. The van der Waals surface area contributed by atoms with E-state index in [1.54, 1.807) is 0 Å². The molecule has 0 bridgehead atoms. The maximum absolute atomic E-state index is 10.4. The minimum absolute atomic E-state index is 0.134. The Labute approximate surface area is 154 Å². The highest BCUT2D eigenvalue weighted by Gasteiger charge is 2.08. The van der Waals surface area contributed by atoms with Gasteiger partial charge in [0.05, 0.1) is 12.5 Å². The molecular weight excluding hydrogens is 312 g/mol. The third-order valence-corrected chi connectivity index (χ3v) is 4.09. The van der Waals surface area contributed by atoms with Crippen LogP contribution in [0.5, 0.6) is 0 Å². The number of rotatable bonds is 17. The highest BCUT2D eigenvalue weighted by Crippen LogP contribution is 2.10. The molecule has 0 saturated carbocycles. The van der Waals surface area contributed by atoms with Crippen molar-refractivity contribution in [3.05, 3.63) is 36.5 Å². The van der Waals surface area contributed by atoms with Gasteiger partial charge in [-0.2, -0.15) is 0 Å². The zero-order chi connectivity index (χ0) is 18.6. The topological polar surface area (TPSA) is 57.5 Å². The SMILES string of the molecule is CCCCC/C=C\C/C=C\C/C=C\CCCCCCC(O)CC(=O)O. The Balaban J connectivity index is 3.35. The van der Waals surface area contributed by atoms with Crippen molar-refractivity contribution in [2.24, 2.45) is 0 Å². The Morgan fingerprint density at radius 2 is 1.32 bits per heavy atom. The Morgan fingerprint density at radius 1 is 0.800 bits per heavy atom. The van der Waals surface area contributed by atoms with Crippen LogP contribution in [0.4, 0.5) is 0 Å². The average molecular weight is 351 g/mol. The number of aliphatic hydroxyl groups is 1. The summed E-state index contributed by atoms with van der Waals surface area (Å²) in [4.78, 5) is 10.4. The zero-order valence-corrected chi connectivity index (χ0v) is 16.0. The van der Waals surface area contributed by atoms with Gasteiger partial charge in [0.1, 0.15) is 0 Å². The summed E-state index contributed by atoms with van der Waals surface area (Å²) >= 11 is 0. The van der Waals surface area contributed by atoms with E-state index in [0.29, 0.717) is 6.42 Å². The largest absolute Gasteiger partial charge is 0.481 e. The van der Waals surface area contributed by atoms with Crippen LogP contribution in [0.2, 0.25) is 0 Å². The molecule has 0 fully saturated rings. The van der Waals surface area contributed by atoms with Crippen LogP contribution in [-0.4, -0.2) is 22.3 Å². The number of carboxylic acid groups (broad SMARTS) is 1. The number of aliphatic carboxylic acids is 1. The fraction of sp³-hybridized carbons (Fsp3) is 0.682. The van der Waals surface area contributed by atoms with Crippen LogP contribution in [0.25, 0.3) is 0 Å². The van der Waals surface area contributed by atoms with Gasteiger partial charge in [0.2, 0.25) is 0 Å². The second kappa shape index (κ2) is 19.0. The van der Waals surface area contributed by atoms with Gasteiger partial charge in [-0.3, -0.25) is 4.79 Å². The normalized spacial score (nSPS) is 13.4. The fourth-order valence-corrected chi connectivity index (χ4v) is 2.59. The number of aliphatic hydroxyl groups excluding tert-OH is 1. The number of allylic oxidation sites excluding steroid dienone is 6. The van der Waals surface area contributed by atoms with E-state index in [1.165, 1.54) is 25.7 Å². The molecule has 0 heterocycles. The van der Waals surface area contributed by atoms with Gasteiger partial charge in [-0.15, -0.1) is 0 Å². The number of carboxylic acids is 1. The summed E-state index contributed by atoms with van der Waals surface area (Å²) in [6, 6.07) is 0. The van der Waals surface area contributed by atoms with Crippen LogP contribution < -0.4 is 0 Å². The molecule has 0 rings (SSSR count). The Kier molecular flexibility index (Phi) is 18.0. The summed E-state index contributed by atoms with van der Waals surface area (Å²) < 4.78 is 0. The van der Waals surface area contributed by atoms with Gasteiger partial charge >= 0.3 is 5.97 Å². The van der Waals surface area contributed by atoms with Crippen molar-refractivity contribution in [3.63, 3.8) is 0 Å². The Morgan fingerprint density at radius 3 is 1.88 bits per heavy atom. The molecule has 1 unspecified atom stereocenters. The van der Waals surface area contributed by atoms with Crippen molar-refractivity contribution in [2.45, 2.75) is 96.5 Å². The molecule has 0 aliphatic rings. The van der Waals surface area contributed by atoms with Crippen molar-refractivity contribution in [3.8, 4) is 0 Å². The molecule has 2 N–H and O–H groups in total. The summed E-state index contributed by atoms with van der Waals surface area (Å²) in [5.41, 5.74) is 0. The molecule has 25 heavy (non-hydrogen) atoms. The maximum Gasteiger partial charge on any atom is 0.305 e. The van der Waals surface area contributed by atoms with E-state index in [0.717, 1.165) is 44.9 Å². The second-order valence-electron chi connectivity index (χ2n) is 6.62. The zero-order valence-electron chi connectivity index (χ0n) is 16.0. The lowest BCUT2D eigenvalue weighted by molar-refractivity contribution is -0.139. The van der Waals surface area contributed by atoms with E-state index in [4.69, 9.17) is 5.11 Å². The lowest BCUT2D eigenvalue weighted by atomic mass is 10.1. The van der Waals surface area contributed by atoms with Crippen molar-refractivity contribution in [2.75, 3.05) is 0 Å². The number of unbranched alkanes of at least 4 members (excludes halogenated alkanes) is 7. The second-order valence-corrected chi connectivity index (χ2v) is 6.62. The minimum atomic E-state index is -0.922. The smallest absolute Gasteiger partial charge is 0.305 e. The molecule has 3 nitrogen and oxygen atoms in total. The van der Waals surface area contributed by atoms with E-state index in [2.05, 4.69) is 43.4 Å². The van der Waals surface area contributed by atoms with Gasteiger partial charge < -0.3 is 10.2 Å². The fourth-order valence-electron chi connectivity index (χ4n) is 2.59. The first-order chi connectivity index (χ1) is 12.2. The number of carbonyl (C=O) groups is 1. The van der Waals surface area contributed by atoms with Crippen molar-refractivity contribution in [1.82, 2.24) is 0 Å². The quantitative estimate of drug-likeness (QED) is 0.243. The van der Waals surface area contributed by atoms with Crippen molar-refractivity contribution >= 4 is 5.97 Å². The monoisotopic (exact) mass is 350 g/mol. The summed E-state index contributed by atoms with van der Waals surface area (Å²) in [6.45, 7) is 2.23. The van der Waals surface area contributed by atoms with Crippen LogP contribution in [0, 0.1) is 0 Å². The third kappa shape index (κ3) is 20.6. The van der Waals surface area contributed by atoms with Crippen LogP contribution >= 0.6 is 0 Å². The molecule has 0 saturated heterocycles. The molecule has 0 spiro atoms. The summed E-state index contributed by atoms with van der Waals surface area (Å²) in [5, 5.41) is 18.0. The van der Waals surface area contributed by atoms with E-state index in [9.17, 15) is 9.90 Å². The molecule has 0 aromatic heterocycles. The van der Waals surface area contributed by atoms with Gasteiger partial charge in [0, 0.05) is 0 Å². The molecule has 1 atom stereocenters. The van der Waals surface area contributed by atoms with Crippen LogP contribution in [0.3, 0.4) is 0 Å². The van der Waals surface area contributed by atoms with E-state index in [-0.39, 0.29) is 6.42 Å². The van der Waals surface area contributed by atoms with Gasteiger partial charge in [-0.1, -0.05) is 75.5 Å². The van der Waals surface area contributed by atoms with E-state index in [1.807, 2.05) is 0 Å². The van der Waals surface area contributed by atoms with Gasteiger partial charge in [-0.25, -0.2) is 0 Å². The number of hydrogen-bond acceptors (Lipinski definition) is 2. The highest BCUT2D eigenvalue weighted by atomic mass is 16.4. The summed E-state index contributed by atoms with van der Waals surface area (Å²) in [7, 11) is 0. The molecular formula is C22H38O3. The minimum Gasteiger partial charge on any atom is -0.481 e. The van der Waals surface area contributed by atoms with Crippen molar-refractivity contribution in [1.29, 1.82) is 0 Å². The molecule has 0 amide bonds. The Hall–Kier alpha value is -1.35. The predicted octanol–water partition coefficient (Wildman–Crippen LogP) is 6.19. The first kappa shape index (κ1) is 23.6. The molecule has 0 aromatic carbocycles. The molecule has 0 aliphatic heterocycles. The summed E-state index contributed by atoms with van der Waals surface area (Å²) in [5.74, 6) is -0.922. The lowest BCUT2D eigenvalue weighted by Crippen LogP contribution is -2.12. The lowest BCUT2D eigenvalue weighted by Gasteiger charge is -2.06. The average Bonchev–Trinajstić information content (AvgIpc) is 2.57. The van der Waals surface area contributed by atoms with Crippen molar-refractivity contribution < 1.29 is 15.0 Å². The van der Waals surface area contributed by atoms with Crippen LogP contribution in [-0.2, 0) is 4.79 Å². The van der Waals surface area contributed by atoms with E-state index >= 15 is 0 Å². The molecule has 0 radical (unpaired) electrons. The maximum atomic E-state index is 10.4. The Bertz CT molecular complexity index is 383. The molecule has 0 aliphatic carbocycles. The van der Waals surface area contributed by atoms with Crippen LogP contribution in [0.15, 0.2) is 36.5 Å². The standard InChI is InChI=1S/C22H38O3/c1-2-3-4-5-6-7-8-9-10-11-12-13-14-15-16-17-18-19-21(23)20-22(24)25/h6-7,9-10,12-13,21,23H,2-5,8,11,14-20H2,1H3,(H,24,25)/b7-6-,10-9-,13-12-. The highest BCUT2D eigenvalue weighted by molar-refractivity contribution is 5.67. The number of hydrogen-bond donors (Lipinski definition) is 2. The first-order valence-corrected chi connectivity index (χ1v) is 10.0. The van der Waals surface area contributed by atoms with Gasteiger partial charge in [0.25, 0.3) is 0 Å². The molecule has 144 valence electrons. The third-order valence-electron chi connectivity index (χ3n) is 4.09. The van der Waals surface area contributed by atoms with E-state index < -0.39 is 12.1 Å². The van der Waals surface area contributed by atoms with Gasteiger partial charge in [-0.05, 0) is 44.9 Å². The van der Waals surface area contributed by atoms with Crippen LogP contribution in [0.1, 0.15) is 90.4 Å². The molecule has 3 heteroatoms. The predicted molar refractivity (Wildman–Crippen MR) is 107 cm³/mol. The summed E-state index contributed by atoms with van der Waals surface area (Å²) in [6.07, 6.45) is 25.8. The first-order valence-electron chi connectivity index (χ1n) is 10.0.